The molecule has 0 fully saturated rings. The third-order valence-electron chi connectivity index (χ3n) is 9.50. The van der Waals surface area contributed by atoms with Crippen molar-refractivity contribution in [3.05, 3.63) is 146 Å². The van der Waals surface area contributed by atoms with Gasteiger partial charge in [-0.1, -0.05) is 113 Å². The first-order valence-electron chi connectivity index (χ1n) is 16.4. The molecule has 6 aromatic carbocycles. The summed E-state index contributed by atoms with van der Waals surface area (Å²) in [4.78, 5) is 0. The summed E-state index contributed by atoms with van der Waals surface area (Å²) >= 11 is 0. The van der Waals surface area contributed by atoms with Crippen molar-refractivity contribution >= 4 is 21.5 Å². The largest absolute Gasteiger partial charge is 4.00 e. The van der Waals surface area contributed by atoms with Crippen LogP contribution in [-0.2, 0) is 44.1 Å². The molecule has 0 amide bonds. The van der Waals surface area contributed by atoms with Crippen molar-refractivity contribution in [1.29, 1.82) is 0 Å². The Morgan fingerprint density at radius 1 is 0.522 bits per heavy atom. The van der Waals surface area contributed by atoms with Crippen molar-refractivity contribution < 1.29 is 25.8 Å². The van der Waals surface area contributed by atoms with Gasteiger partial charge in [0.2, 0.25) is 0 Å². The molecule has 0 saturated carbocycles. The minimum atomic E-state index is -0.0660. The molecule has 0 atom stereocenters. The van der Waals surface area contributed by atoms with Crippen molar-refractivity contribution in [1.82, 2.24) is 0 Å². The predicted octanol–water partition coefficient (Wildman–Crippen LogP) is 13.2. The summed E-state index contributed by atoms with van der Waals surface area (Å²) in [7, 11) is 0. The standard InChI is InChI=1S/C43H46.2CH3.Hf/c1-7-31-15-9-11-19-37(31)39-21-13-17-33-23-35(25-41(33)39)43(27-29(3)4,28-30(5)6)36-24-34-18-14-22-40(42(34)26-36)38-20-12-10-16-32(38)8-2;;;/h9-26,29-30H,7-8,27-28H2,1-6H3;2*1H3;/q-2;2*-1;+4. The zero-order chi connectivity index (χ0) is 30.1. The molecule has 0 spiro atoms. The van der Waals surface area contributed by atoms with Crippen LogP contribution in [-0.4, -0.2) is 0 Å². The molecule has 0 aliphatic carbocycles. The molecule has 0 aliphatic heterocycles. The fraction of sp³-hybridized carbons (Fsp3) is 0.289. The first-order chi connectivity index (χ1) is 20.8. The number of fused-ring (bicyclic) bond motifs is 2. The fourth-order valence-electron chi connectivity index (χ4n) is 7.79. The average Bonchev–Trinajstić information content (AvgIpc) is 3.65. The first kappa shape index (κ1) is 37.4. The average molecular weight is 771 g/mol. The second-order valence-electron chi connectivity index (χ2n) is 13.4. The molecular weight excluding hydrogens is 719 g/mol. The van der Waals surface area contributed by atoms with E-state index in [9.17, 15) is 0 Å². The van der Waals surface area contributed by atoms with Crippen LogP contribution < -0.4 is 0 Å². The smallest absolute Gasteiger partial charge is 0.358 e. The predicted molar refractivity (Wildman–Crippen MR) is 201 cm³/mol. The van der Waals surface area contributed by atoms with E-state index in [0.29, 0.717) is 11.8 Å². The third kappa shape index (κ3) is 6.96. The van der Waals surface area contributed by atoms with Gasteiger partial charge in [0, 0.05) is 0 Å². The van der Waals surface area contributed by atoms with Crippen LogP contribution in [0.1, 0.15) is 76.6 Å². The van der Waals surface area contributed by atoms with E-state index in [1.54, 1.807) is 0 Å². The maximum atomic E-state index is 2.55. The minimum Gasteiger partial charge on any atom is -0.358 e. The second-order valence-corrected chi connectivity index (χ2v) is 13.4. The number of hydrogen-bond acceptors (Lipinski definition) is 0. The summed E-state index contributed by atoms with van der Waals surface area (Å²) < 4.78 is 0. The van der Waals surface area contributed by atoms with Gasteiger partial charge in [-0.25, -0.2) is 0 Å². The van der Waals surface area contributed by atoms with Crippen molar-refractivity contribution in [3.63, 3.8) is 0 Å². The first-order valence-corrected chi connectivity index (χ1v) is 16.4. The Morgan fingerprint density at radius 3 is 1.26 bits per heavy atom. The number of benzene rings is 4. The van der Waals surface area contributed by atoms with Gasteiger partial charge in [0.25, 0.3) is 0 Å². The van der Waals surface area contributed by atoms with E-state index < -0.39 is 0 Å². The Labute approximate surface area is 298 Å². The van der Waals surface area contributed by atoms with Crippen molar-refractivity contribution in [3.8, 4) is 22.3 Å². The quantitative estimate of drug-likeness (QED) is 0.0961. The molecule has 0 aromatic heterocycles. The van der Waals surface area contributed by atoms with Crippen molar-refractivity contribution in [2.24, 2.45) is 11.8 Å². The second kappa shape index (κ2) is 15.7. The summed E-state index contributed by atoms with van der Waals surface area (Å²) in [6.07, 6.45) is 4.32. The van der Waals surface area contributed by atoms with Crippen LogP contribution in [0.5, 0.6) is 0 Å². The maximum Gasteiger partial charge on any atom is 4.00 e. The van der Waals surface area contributed by atoms with E-state index in [4.69, 9.17) is 0 Å². The van der Waals surface area contributed by atoms with Crippen LogP contribution in [0.15, 0.2) is 109 Å². The van der Waals surface area contributed by atoms with Crippen LogP contribution in [0.2, 0.25) is 0 Å². The van der Waals surface area contributed by atoms with Crippen LogP contribution >= 0.6 is 0 Å². The number of rotatable bonds is 10. The Balaban J connectivity index is 0.00000192. The maximum absolute atomic E-state index is 2.55. The molecule has 0 aliphatic rings. The Kier molecular flexibility index (Phi) is 12.8. The minimum absolute atomic E-state index is 0. The molecule has 0 N–H and O–H groups in total. The summed E-state index contributed by atoms with van der Waals surface area (Å²) in [6.45, 7) is 14.1. The Hall–Kier alpha value is -3.03. The molecular formula is C45H52Hf. The van der Waals surface area contributed by atoms with Gasteiger partial charge in [0.15, 0.2) is 0 Å². The van der Waals surface area contributed by atoms with E-state index in [1.807, 2.05) is 0 Å². The zero-order valence-electron chi connectivity index (χ0n) is 29.4. The van der Waals surface area contributed by atoms with Gasteiger partial charge in [-0.2, -0.15) is 12.1 Å². The summed E-state index contributed by atoms with van der Waals surface area (Å²) in [6, 6.07) is 41.8. The van der Waals surface area contributed by atoms with E-state index in [-0.39, 0.29) is 46.1 Å². The number of hydrogen-bond donors (Lipinski definition) is 0. The van der Waals surface area contributed by atoms with Gasteiger partial charge in [0.05, 0.1) is 0 Å². The molecule has 46 heavy (non-hydrogen) atoms. The van der Waals surface area contributed by atoms with Gasteiger partial charge in [-0.15, -0.1) is 69.1 Å². The molecule has 0 saturated heterocycles. The Bertz CT molecular complexity index is 1720. The molecule has 236 valence electrons. The number of aryl methyl sites for hydroxylation is 2. The van der Waals surface area contributed by atoms with Gasteiger partial charge in [-0.3, -0.25) is 0 Å². The van der Waals surface area contributed by atoms with E-state index in [0.717, 1.165) is 25.7 Å². The molecule has 0 unspecified atom stereocenters. The Morgan fingerprint density at radius 2 is 0.891 bits per heavy atom. The normalized spacial score (nSPS) is 11.5. The fourth-order valence-corrected chi connectivity index (χ4v) is 7.79. The molecule has 1 heteroatoms. The summed E-state index contributed by atoms with van der Waals surface area (Å²) in [5, 5.41) is 5.46. The van der Waals surface area contributed by atoms with Crippen LogP contribution in [0.4, 0.5) is 0 Å². The molecule has 6 aromatic rings. The van der Waals surface area contributed by atoms with Gasteiger partial charge in [-0.05, 0) is 65.2 Å². The van der Waals surface area contributed by atoms with Crippen LogP contribution in [0, 0.1) is 26.7 Å². The van der Waals surface area contributed by atoms with Crippen molar-refractivity contribution in [2.75, 3.05) is 0 Å². The topological polar surface area (TPSA) is 0 Å². The van der Waals surface area contributed by atoms with E-state index in [2.05, 4.69) is 151 Å². The SMILES string of the molecule is CCc1ccccc1-c1cccc2[cH-]c(C(CC(C)C)(CC(C)C)c3cc4c(-c5ccccc5CC)cccc4[cH-]3)cc12.[CH3-].[CH3-].[Hf+4]. The van der Waals surface area contributed by atoms with Gasteiger partial charge in [0.1, 0.15) is 0 Å². The van der Waals surface area contributed by atoms with E-state index >= 15 is 0 Å². The van der Waals surface area contributed by atoms with Crippen LogP contribution in [0.25, 0.3) is 43.8 Å². The summed E-state index contributed by atoms with van der Waals surface area (Å²) in [5.41, 5.74) is 11.1. The zero-order valence-corrected chi connectivity index (χ0v) is 33.0. The molecule has 0 bridgehead atoms. The molecule has 6 rings (SSSR count). The van der Waals surface area contributed by atoms with E-state index in [1.165, 1.54) is 66.1 Å². The third-order valence-corrected chi connectivity index (χ3v) is 9.50. The monoisotopic (exact) mass is 772 g/mol. The van der Waals surface area contributed by atoms with Gasteiger partial charge >= 0.3 is 25.8 Å². The molecule has 0 heterocycles. The molecule has 0 radical (unpaired) electrons. The van der Waals surface area contributed by atoms with Crippen LogP contribution in [0.3, 0.4) is 0 Å². The van der Waals surface area contributed by atoms with Crippen molar-refractivity contribution in [2.45, 2.75) is 72.6 Å². The molecule has 0 nitrogen and oxygen atoms in total. The summed E-state index contributed by atoms with van der Waals surface area (Å²) in [5.74, 6) is 1.13. The van der Waals surface area contributed by atoms with Gasteiger partial charge < -0.3 is 14.9 Å².